The van der Waals surface area contributed by atoms with E-state index in [0.29, 0.717) is 12.4 Å². The van der Waals surface area contributed by atoms with Crippen molar-refractivity contribution in [2.45, 2.75) is 32.4 Å². The topological polar surface area (TPSA) is 46.5 Å². The average Bonchev–Trinajstić information content (AvgIpc) is 2.36. The second kappa shape index (κ2) is 5.61. The van der Waals surface area contributed by atoms with E-state index < -0.39 is 0 Å². The zero-order chi connectivity index (χ0) is 13.0. The molecule has 1 saturated heterocycles. The van der Waals surface area contributed by atoms with Gasteiger partial charge in [0.05, 0.1) is 13.7 Å². The first-order valence-corrected chi connectivity index (χ1v) is 7.02. The summed E-state index contributed by atoms with van der Waals surface area (Å²) >= 11 is 1.79. The highest BCUT2D eigenvalue weighted by Crippen LogP contribution is 2.21. The number of nitrogens with zero attached hydrogens (tertiary/aromatic N) is 2. The molecule has 1 aliphatic heterocycles. The van der Waals surface area contributed by atoms with Gasteiger partial charge in [-0.05, 0) is 25.8 Å². The molecule has 0 saturated carbocycles. The lowest BCUT2D eigenvalue weighted by molar-refractivity contribution is 0.397. The minimum Gasteiger partial charge on any atom is -0.481 e. The highest BCUT2D eigenvalue weighted by molar-refractivity contribution is 8.13. The summed E-state index contributed by atoms with van der Waals surface area (Å²) in [5.41, 5.74) is 1.25. The predicted octanol–water partition coefficient (Wildman–Crippen LogP) is 2.45. The van der Waals surface area contributed by atoms with E-state index in [4.69, 9.17) is 4.74 Å². The summed E-state index contributed by atoms with van der Waals surface area (Å²) < 4.78 is 5.03. The smallest absolute Gasteiger partial charge is 0.212 e. The maximum atomic E-state index is 5.03. The summed E-state index contributed by atoms with van der Waals surface area (Å²) in [6.07, 6.45) is 2.97. The van der Waals surface area contributed by atoms with E-state index in [2.05, 4.69) is 29.1 Å². The molecule has 5 heteroatoms. The molecule has 1 N–H and O–H groups in total. The molecule has 1 fully saturated rings. The number of ether oxygens (including phenoxy) is 1. The standard InChI is InChI=1S/C13H19N3OS/c1-13(2)6-7-18-12(16-13)15-9-10-4-5-11(17-3)14-8-10/h4-5,8H,6-7,9H2,1-3H3,(H,15,16). The minimum absolute atomic E-state index is 0.155. The van der Waals surface area contributed by atoms with Crippen LogP contribution in [-0.2, 0) is 6.54 Å². The molecular formula is C13H19N3OS. The average molecular weight is 265 g/mol. The highest BCUT2D eigenvalue weighted by Gasteiger charge is 2.23. The lowest BCUT2D eigenvalue weighted by Gasteiger charge is -2.32. The Morgan fingerprint density at radius 3 is 2.94 bits per heavy atom. The van der Waals surface area contributed by atoms with Crippen LogP contribution in [0.1, 0.15) is 25.8 Å². The van der Waals surface area contributed by atoms with Crippen LogP contribution >= 0.6 is 11.8 Å². The molecule has 0 radical (unpaired) electrons. The lowest BCUT2D eigenvalue weighted by Crippen LogP contribution is -2.46. The predicted molar refractivity (Wildman–Crippen MR) is 76.2 cm³/mol. The van der Waals surface area contributed by atoms with Crippen molar-refractivity contribution in [1.29, 1.82) is 0 Å². The maximum absolute atomic E-state index is 5.03. The number of aliphatic imine (C=N–C) groups is 1. The van der Waals surface area contributed by atoms with Gasteiger partial charge < -0.3 is 10.1 Å². The van der Waals surface area contributed by atoms with E-state index in [1.807, 2.05) is 18.3 Å². The van der Waals surface area contributed by atoms with Gasteiger partial charge in [0.2, 0.25) is 5.88 Å². The fraction of sp³-hybridized carbons (Fsp3) is 0.538. The van der Waals surface area contributed by atoms with Gasteiger partial charge in [-0.2, -0.15) is 0 Å². The van der Waals surface area contributed by atoms with E-state index in [0.717, 1.165) is 16.5 Å². The van der Waals surface area contributed by atoms with Crippen molar-refractivity contribution >= 4 is 16.9 Å². The van der Waals surface area contributed by atoms with Crippen LogP contribution in [0.25, 0.3) is 0 Å². The number of nitrogens with one attached hydrogen (secondary N) is 1. The molecule has 2 heterocycles. The highest BCUT2D eigenvalue weighted by atomic mass is 32.2. The first-order valence-electron chi connectivity index (χ1n) is 6.03. The van der Waals surface area contributed by atoms with Crippen LogP contribution in [-0.4, -0.2) is 28.6 Å². The zero-order valence-corrected chi connectivity index (χ0v) is 11.9. The van der Waals surface area contributed by atoms with Crippen molar-refractivity contribution in [2.75, 3.05) is 12.9 Å². The normalized spacial score (nSPS) is 20.5. The largest absolute Gasteiger partial charge is 0.481 e. The SMILES string of the molecule is COc1ccc(CN=C2NC(C)(C)CCS2)cn1. The summed E-state index contributed by atoms with van der Waals surface area (Å²) in [6, 6.07) is 3.86. The van der Waals surface area contributed by atoms with Crippen molar-refractivity contribution in [3.63, 3.8) is 0 Å². The molecule has 98 valence electrons. The van der Waals surface area contributed by atoms with E-state index in [-0.39, 0.29) is 5.54 Å². The molecule has 1 aromatic rings. The third-order valence-corrected chi connectivity index (χ3v) is 3.74. The summed E-state index contributed by atoms with van der Waals surface area (Å²) in [7, 11) is 1.62. The van der Waals surface area contributed by atoms with Crippen LogP contribution in [0, 0.1) is 0 Å². The Labute approximate surface area is 112 Å². The molecule has 0 amide bonds. The minimum atomic E-state index is 0.155. The molecule has 0 aromatic carbocycles. The van der Waals surface area contributed by atoms with Crippen molar-refractivity contribution < 1.29 is 4.74 Å². The van der Waals surface area contributed by atoms with E-state index in [9.17, 15) is 0 Å². The van der Waals surface area contributed by atoms with Crippen LogP contribution in [0.2, 0.25) is 0 Å². The zero-order valence-electron chi connectivity index (χ0n) is 11.1. The van der Waals surface area contributed by atoms with E-state index >= 15 is 0 Å². The quantitative estimate of drug-likeness (QED) is 0.912. The van der Waals surface area contributed by atoms with Crippen LogP contribution in [0.3, 0.4) is 0 Å². The third-order valence-electron chi connectivity index (χ3n) is 2.82. The van der Waals surface area contributed by atoms with Gasteiger partial charge in [-0.1, -0.05) is 17.8 Å². The third kappa shape index (κ3) is 3.63. The fourth-order valence-electron chi connectivity index (χ4n) is 1.66. The van der Waals surface area contributed by atoms with Crippen molar-refractivity contribution in [3.05, 3.63) is 23.9 Å². The number of hydrogen-bond acceptors (Lipinski definition) is 4. The molecule has 1 aromatic heterocycles. The molecule has 1 aliphatic rings. The number of thioether (sulfide) groups is 1. The number of rotatable bonds is 3. The Balaban J connectivity index is 1.97. The molecule has 0 unspecified atom stereocenters. The molecule has 0 bridgehead atoms. The molecule has 0 spiro atoms. The van der Waals surface area contributed by atoms with Gasteiger partial charge in [0.25, 0.3) is 0 Å². The Kier molecular flexibility index (Phi) is 4.11. The van der Waals surface area contributed by atoms with Gasteiger partial charge in [0.1, 0.15) is 0 Å². The molecule has 2 rings (SSSR count). The summed E-state index contributed by atoms with van der Waals surface area (Å²) in [5, 5.41) is 4.48. The molecular weight excluding hydrogens is 246 g/mol. The van der Waals surface area contributed by atoms with Crippen molar-refractivity contribution in [2.24, 2.45) is 4.99 Å². The molecule has 18 heavy (non-hydrogen) atoms. The van der Waals surface area contributed by atoms with Gasteiger partial charge in [-0.3, -0.25) is 4.99 Å². The van der Waals surface area contributed by atoms with Crippen LogP contribution in [0.5, 0.6) is 5.88 Å². The van der Waals surface area contributed by atoms with Gasteiger partial charge in [0, 0.05) is 23.6 Å². The lowest BCUT2D eigenvalue weighted by atomic mass is 10.0. The number of hydrogen-bond donors (Lipinski definition) is 1. The number of aromatic nitrogens is 1. The Bertz CT molecular complexity index is 428. The van der Waals surface area contributed by atoms with Crippen LogP contribution < -0.4 is 10.1 Å². The Hall–Kier alpha value is -1.23. The monoisotopic (exact) mass is 265 g/mol. The van der Waals surface area contributed by atoms with Gasteiger partial charge in [-0.15, -0.1) is 0 Å². The van der Waals surface area contributed by atoms with Crippen LogP contribution in [0.15, 0.2) is 23.3 Å². The van der Waals surface area contributed by atoms with Gasteiger partial charge >= 0.3 is 0 Å². The number of pyridine rings is 1. The number of methoxy groups -OCH3 is 1. The summed E-state index contributed by atoms with van der Waals surface area (Å²) in [4.78, 5) is 8.76. The number of amidine groups is 1. The van der Waals surface area contributed by atoms with E-state index in [1.54, 1.807) is 18.9 Å². The van der Waals surface area contributed by atoms with Crippen molar-refractivity contribution in [3.8, 4) is 5.88 Å². The fourth-order valence-corrected chi connectivity index (χ4v) is 2.97. The Morgan fingerprint density at radius 2 is 2.33 bits per heavy atom. The second-order valence-electron chi connectivity index (χ2n) is 4.94. The molecule has 0 aliphatic carbocycles. The van der Waals surface area contributed by atoms with Crippen molar-refractivity contribution in [1.82, 2.24) is 10.3 Å². The Morgan fingerprint density at radius 1 is 1.50 bits per heavy atom. The van der Waals surface area contributed by atoms with Gasteiger partial charge in [-0.25, -0.2) is 4.98 Å². The van der Waals surface area contributed by atoms with Gasteiger partial charge in [0.15, 0.2) is 5.17 Å². The van der Waals surface area contributed by atoms with E-state index in [1.165, 1.54) is 6.42 Å². The maximum Gasteiger partial charge on any atom is 0.212 e. The summed E-state index contributed by atoms with van der Waals surface area (Å²) in [6.45, 7) is 5.07. The molecule has 4 nitrogen and oxygen atoms in total. The molecule has 0 atom stereocenters. The second-order valence-corrected chi connectivity index (χ2v) is 6.02. The first-order chi connectivity index (χ1) is 8.59. The summed E-state index contributed by atoms with van der Waals surface area (Å²) in [5.74, 6) is 1.76. The van der Waals surface area contributed by atoms with Crippen LogP contribution in [0.4, 0.5) is 0 Å². The first kappa shape index (κ1) is 13.2.